The third-order valence-electron chi connectivity index (χ3n) is 3.33. The van der Waals surface area contributed by atoms with Gasteiger partial charge in [0.15, 0.2) is 6.61 Å². The summed E-state index contributed by atoms with van der Waals surface area (Å²) >= 11 is 0. The zero-order chi connectivity index (χ0) is 15.1. The van der Waals surface area contributed by atoms with Crippen molar-refractivity contribution in [2.75, 3.05) is 6.61 Å². The molecule has 1 rings (SSSR count). The fraction of sp³-hybridized carbons (Fsp3) is 0.643. The van der Waals surface area contributed by atoms with E-state index in [4.69, 9.17) is 9.47 Å². The normalized spacial score (nSPS) is 29.1. The molecule has 1 saturated carbocycles. The van der Waals surface area contributed by atoms with Crippen molar-refractivity contribution in [1.82, 2.24) is 0 Å². The Hall–Kier alpha value is -1.85. The predicted octanol–water partition coefficient (Wildman–Crippen LogP) is 1.23. The molecule has 4 unspecified atom stereocenters. The molecule has 0 aromatic heterocycles. The van der Waals surface area contributed by atoms with Crippen LogP contribution in [-0.2, 0) is 28.6 Å². The molecule has 0 spiro atoms. The highest BCUT2D eigenvalue weighted by Crippen LogP contribution is 2.32. The molecule has 0 aromatic rings. The zero-order valence-corrected chi connectivity index (χ0v) is 11.7. The first-order valence-electron chi connectivity index (χ1n) is 6.55. The molecule has 1 aliphatic rings. The summed E-state index contributed by atoms with van der Waals surface area (Å²) < 4.78 is 14.9. The molecule has 0 N–H and O–H groups in total. The van der Waals surface area contributed by atoms with Crippen molar-refractivity contribution < 1.29 is 28.6 Å². The van der Waals surface area contributed by atoms with Crippen LogP contribution < -0.4 is 0 Å². The lowest BCUT2D eigenvalue weighted by molar-refractivity contribution is -0.177. The van der Waals surface area contributed by atoms with Crippen molar-refractivity contribution in [3.63, 3.8) is 0 Å². The van der Waals surface area contributed by atoms with Crippen LogP contribution in [0, 0.1) is 11.8 Å². The van der Waals surface area contributed by atoms with Gasteiger partial charge in [0, 0.05) is 6.08 Å². The molecule has 0 bridgehead atoms. The Morgan fingerprint density at radius 1 is 1.30 bits per heavy atom. The Morgan fingerprint density at radius 3 is 2.60 bits per heavy atom. The quantitative estimate of drug-likeness (QED) is 0.316. The van der Waals surface area contributed by atoms with Gasteiger partial charge >= 0.3 is 11.9 Å². The second kappa shape index (κ2) is 7.67. The molecule has 0 heterocycles. The average Bonchev–Trinajstić information content (AvgIpc) is 2.40. The maximum absolute atomic E-state index is 11.6. The van der Waals surface area contributed by atoms with E-state index >= 15 is 0 Å². The minimum absolute atomic E-state index is 0.0720. The van der Waals surface area contributed by atoms with E-state index in [2.05, 4.69) is 18.2 Å². The van der Waals surface area contributed by atoms with Crippen LogP contribution in [-0.4, -0.2) is 37.2 Å². The molecule has 0 saturated heterocycles. The van der Waals surface area contributed by atoms with Crippen molar-refractivity contribution in [2.45, 2.75) is 38.9 Å². The van der Waals surface area contributed by atoms with Crippen LogP contribution in [0.3, 0.4) is 0 Å². The van der Waals surface area contributed by atoms with Crippen LogP contribution in [0.2, 0.25) is 0 Å². The fourth-order valence-corrected chi connectivity index (χ4v) is 2.53. The smallest absolute Gasteiger partial charge is 0.344 e. The van der Waals surface area contributed by atoms with Gasteiger partial charge in [-0.1, -0.05) is 20.4 Å². The number of esters is 2. The summed E-state index contributed by atoms with van der Waals surface area (Å²) in [5, 5.41) is 0. The summed E-state index contributed by atoms with van der Waals surface area (Å²) in [5.74, 6) is -0.884. The summed E-state index contributed by atoms with van der Waals surface area (Å²) in [7, 11) is 0. The van der Waals surface area contributed by atoms with Crippen LogP contribution in [0.4, 0.5) is 0 Å². The Kier molecular flexibility index (Phi) is 6.21. The van der Waals surface area contributed by atoms with Gasteiger partial charge in [-0.3, -0.25) is 4.79 Å². The minimum atomic E-state index is -0.687. The maximum Gasteiger partial charge on any atom is 0.344 e. The highest BCUT2D eigenvalue weighted by Gasteiger charge is 2.38. The topological polar surface area (TPSA) is 78.9 Å². The van der Waals surface area contributed by atoms with E-state index in [1.165, 1.54) is 0 Å². The first-order valence-corrected chi connectivity index (χ1v) is 6.55. The summed E-state index contributed by atoms with van der Waals surface area (Å²) in [6.45, 7) is 7.11. The molecule has 1 aliphatic carbocycles. The van der Waals surface area contributed by atoms with Gasteiger partial charge in [0.25, 0.3) is 6.47 Å². The molecular formula is C14H20O6. The first-order chi connectivity index (χ1) is 9.47. The van der Waals surface area contributed by atoms with Crippen LogP contribution in [0.1, 0.15) is 26.7 Å². The van der Waals surface area contributed by atoms with Crippen LogP contribution in [0.15, 0.2) is 12.7 Å². The number of hydrogen-bond acceptors (Lipinski definition) is 6. The lowest BCUT2D eigenvalue weighted by atomic mass is 9.79. The largest absolute Gasteiger partial charge is 0.461 e. The van der Waals surface area contributed by atoms with E-state index in [0.29, 0.717) is 18.8 Å². The third kappa shape index (κ3) is 4.68. The fourth-order valence-electron chi connectivity index (χ4n) is 2.53. The number of ether oxygens (including phenoxy) is 3. The molecule has 4 atom stereocenters. The van der Waals surface area contributed by atoms with Gasteiger partial charge in [0.1, 0.15) is 12.2 Å². The maximum atomic E-state index is 11.6. The SMILES string of the molecule is C=CC(=O)OCC(=O)OC1C(C)CC(C)CC1OC=O. The lowest BCUT2D eigenvalue weighted by Crippen LogP contribution is -2.44. The highest BCUT2D eigenvalue weighted by atomic mass is 16.6. The van der Waals surface area contributed by atoms with E-state index in [1.54, 1.807) is 0 Å². The predicted molar refractivity (Wildman–Crippen MR) is 69.5 cm³/mol. The average molecular weight is 284 g/mol. The third-order valence-corrected chi connectivity index (χ3v) is 3.33. The van der Waals surface area contributed by atoms with Crippen molar-refractivity contribution in [1.29, 1.82) is 0 Å². The van der Waals surface area contributed by atoms with Crippen molar-refractivity contribution in [2.24, 2.45) is 11.8 Å². The molecule has 20 heavy (non-hydrogen) atoms. The van der Waals surface area contributed by atoms with Crippen molar-refractivity contribution in [3.05, 3.63) is 12.7 Å². The van der Waals surface area contributed by atoms with Crippen LogP contribution in [0.25, 0.3) is 0 Å². The molecule has 6 heteroatoms. The molecule has 0 aliphatic heterocycles. The molecular weight excluding hydrogens is 264 g/mol. The molecule has 0 radical (unpaired) electrons. The second-order valence-electron chi connectivity index (χ2n) is 5.09. The Morgan fingerprint density at radius 2 is 2.00 bits per heavy atom. The molecule has 6 nitrogen and oxygen atoms in total. The lowest BCUT2D eigenvalue weighted by Gasteiger charge is -2.37. The number of hydrogen-bond donors (Lipinski definition) is 0. The van der Waals surface area contributed by atoms with E-state index in [0.717, 1.165) is 12.5 Å². The van der Waals surface area contributed by atoms with Crippen molar-refractivity contribution in [3.8, 4) is 0 Å². The van der Waals surface area contributed by atoms with Gasteiger partial charge < -0.3 is 14.2 Å². The summed E-state index contributed by atoms with van der Waals surface area (Å²) in [4.78, 5) is 33.0. The van der Waals surface area contributed by atoms with Gasteiger partial charge in [-0.05, 0) is 24.7 Å². The first kappa shape index (κ1) is 16.2. The highest BCUT2D eigenvalue weighted by molar-refractivity contribution is 5.83. The molecule has 1 fully saturated rings. The van der Waals surface area contributed by atoms with Gasteiger partial charge in [-0.25, -0.2) is 9.59 Å². The Bertz CT molecular complexity index is 378. The summed E-state index contributed by atoms with van der Waals surface area (Å²) in [6.07, 6.45) is 1.53. The van der Waals surface area contributed by atoms with E-state index in [-0.39, 0.29) is 5.92 Å². The molecule has 112 valence electrons. The number of carbonyl (C=O) groups excluding carboxylic acids is 3. The second-order valence-corrected chi connectivity index (χ2v) is 5.09. The standard InChI is InChI=1S/C14H20O6/c1-4-12(16)18-7-13(17)20-14-10(3)5-9(2)6-11(14)19-8-15/h4,8-11,14H,1,5-7H2,2-3H3. The monoisotopic (exact) mass is 284 g/mol. The summed E-state index contributed by atoms with van der Waals surface area (Å²) in [6, 6.07) is 0. The van der Waals surface area contributed by atoms with Crippen LogP contribution >= 0.6 is 0 Å². The minimum Gasteiger partial charge on any atom is -0.461 e. The molecule has 0 amide bonds. The Balaban J connectivity index is 2.56. The Labute approximate surface area is 118 Å². The van der Waals surface area contributed by atoms with E-state index in [9.17, 15) is 14.4 Å². The zero-order valence-electron chi connectivity index (χ0n) is 11.7. The van der Waals surface area contributed by atoms with Gasteiger partial charge in [0.05, 0.1) is 0 Å². The molecule has 0 aromatic carbocycles. The van der Waals surface area contributed by atoms with Gasteiger partial charge in [0.2, 0.25) is 0 Å². The van der Waals surface area contributed by atoms with Gasteiger partial charge in [-0.15, -0.1) is 0 Å². The summed E-state index contributed by atoms with van der Waals surface area (Å²) in [5.41, 5.74) is 0. The van der Waals surface area contributed by atoms with E-state index in [1.807, 2.05) is 6.92 Å². The number of rotatable bonds is 6. The van der Waals surface area contributed by atoms with E-state index < -0.39 is 30.8 Å². The number of carbonyl (C=O) groups is 3. The van der Waals surface area contributed by atoms with Crippen LogP contribution in [0.5, 0.6) is 0 Å². The van der Waals surface area contributed by atoms with Crippen molar-refractivity contribution >= 4 is 18.4 Å². The van der Waals surface area contributed by atoms with Gasteiger partial charge in [-0.2, -0.15) is 0 Å².